The van der Waals surface area contributed by atoms with Crippen LogP contribution >= 0.6 is 11.6 Å². The summed E-state index contributed by atoms with van der Waals surface area (Å²) in [4.78, 5) is 3.19. The Morgan fingerprint density at radius 2 is 1.95 bits per heavy atom. The molecule has 0 saturated heterocycles. The monoisotopic (exact) mass is 295 g/mol. The van der Waals surface area contributed by atoms with Crippen molar-refractivity contribution in [1.82, 2.24) is 0 Å². The van der Waals surface area contributed by atoms with Gasteiger partial charge in [0.1, 0.15) is 5.75 Å². The van der Waals surface area contributed by atoms with Crippen molar-refractivity contribution in [2.75, 3.05) is 7.11 Å². The van der Waals surface area contributed by atoms with Crippen LogP contribution in [0.15, 0.2) is 30.3 Å². The second-order valence-electron chi connectivity index (χ2n) is 3.75. The van der Waals surface area contributed by atoms with E-state index in [-0.39, 0.29) is 22.2 Å². The Bertz CT molecular complexity index is 698. The first kappa shape index (κ1) is 14.1. The minimum Gasteiger partial charge on any atom is -0.494 e. The smallest absolute Gasteiger partial charge is 0.210 e. The quantitative estimate of drug-likeness (QED) is 0.746. The Kier molecular flexibility index (Phi) is 4.06. The second-order valence-corrected chi connectivity index (χ2v) is 4.19. The predicted octanol–water partition coefficient (Wildman–Crippen LogP) is 4.97. The third-order valence-corrected chi connectivity index (χ3v) is 2.66. The van der Waals surface area contributed by atoms with Crippen LogP contribution in [0.25, 0.3) is 4.85 Å². The number of hydrogen-bond acceptors (Lipinski definition) is 2. The van der Waals surface area contributed by atoms with Gasteiger partial charge in [-0.1, -0.05) is 11.6 Å². The second kappa shape index (κ2) is 5.76. The van der Waals surface area contributed by atoms with Crippen LogP contribution in [-0.4, -0.2) is 7.11 Å². The molecule has 0 aromatic heterocycles. The number of rotatable bonds is 3. The molecule has 0 N–H and O–H groups in total. The molecule has 0 amide bonds. The van der Waals surface area contributed by atoms with Gasteiger partial charge in [-0.2, -0.15) is 4.39 Å². The summed E-state index contributed by atoms with van der Waals surface area (Å²) in [5.74, 6) is -2.53. The highest BCUT2D eigenvalue weighted by Gasteiger charge is 2.17. The van der Waals surface area contributed by atoms with Crippen LogP contribution in [0.1, 0.15) is 0 Å². The molecule has 20 heavy (non-hydrogen) atoms. The molecule has 2 rings (SSSR count). The maximum Gasteiger partial charge on any atom is 0.210 e. The average Bonchev–Trinajstić information content (AvgIpc) is 2.43. The molecule has 0 unspecified atom stereocenters. The van der Waals surface area contributed by atoms with Crippen LogP contribution in [-0.2, 0) is 0 Å². The summed E-state index contributed by atoms with van der Waals surface area (Å²) in [6, 6.07) is 6.28. The largest absolute Gasteiger partial charge is 0.494 e. The van der Waals surface area contributed by atoms with E-state index in [1.807, 2.05) is 0 Å². The number of ether oxygens (including phenoxy) is 2. The van der Waals surface area contributed by atoms with Gasteiger partial charge in [0.15, 0.2) is 17.3 Å². The summed E-state index contributed by atoms with van der Waals surface area (Å²) in [6.07, 6.45) is 0. The Hall–Kier alpha value is -2.32. The van der Waals surface area contributed by atoms with Gasteiger partial charge in [0.05, 0.1) is 13.7 Å². The Morgan fingerprint density at radius 3 is 2.60 bits per heavy atom. The molecule has 0 aliphatic rings. The number of halogens is 3. The zero-order chi connectivity index (χ0) is 14.7. The van der Waals surface area contributed by atoms with Gasteiger partial charge < -0.3 is 9.47 Å². The third-order valence-electron chi connectivity index (χ3n) is 2.44. The van der Waals surface area contributed by atoms with Crippen LogP contribution in [0.3, 0.4) is 0 Å². The summed E-state index contributed by atoms with van der Waals surface area (Å²) in [7, 11) is 1.26. The van der Waals surface area contributed by atoms with Crippen LogP contribution in [0.2, 0.25) is 5.02 Å². The first-order chi connectivity index (χ1) is 9.55. The number of nitrogens with zero attached hydrogens (tertiary/aromatic N) is 1. The van der Waals surface area contributed by atoms with E-state index in [1.54, 1.807) is 0 Å². The first-order valence-electron chi connectivity index (χ1n) is 5.43. The molecular formula is C14H8ClF2NO2. The molecule has 0 saturated carbocycles. The van der Waals surface area contributed by atoms with E-state index in [9.17, 15) is 8.78 Å². The topological polar surface area (TPSA) is 22.8 Å². The highest BCUT2D eigenvalue weighted by molar-refractivity contribution is 6.31. The van der Waals surface area contributed by atoms with Gasteiger partial charge in [0.2, 0.25) is 11.6 Å². The van der Waals surface area contributed by atoms with Crippen molar-refractivity contribution in [3.63, 3.8) is 0 Å². The first-order valence-corrected chi connectivity index (χ1v) is 5.81. The van der Waals surface area contributed by atoms with Gasteiger partial charge in [-0.25, -0.2) is 9.24 Å². The lowest BCUT2D eigenvalue weighted by Crippen LogP contribution is -1.96. The Labute approximate surface area is 119 Å². The summed E-state index contributed by atoms with van der Waals surface area (Å²) >= 11 is 5.80. The zero-order valence-corrected chi connectivity index (χ0v) is 11.0. The summed E-state index contributed by atoms with van der Waals surface area (Å²) in [5.41, 5.74) is 0.205. The minimum absolute atomic E-state index is 0.0644. The Balaban J connectivity index is 2.45. The molecule has 102 valence electrons. The van der Waals surface area contributed by atoms with Crippen LogP contribution in [0, 0.1) is 18.2 Å². The highest BCUT2D eigenvalue weighted by Crippen LogP contribution is 2.35. The number of hydrogen-bond donors (Lipinski definition) is 0. The van der Waals surface area contributed by atoms with E-state index >= 15 is 0 Å². The number of benzene rings is 2. The molecule has 0 radical (unpaired) electrons. The lowest BCUT2D eigenvalue weighted by atomic mass is 10.2. The van der Waals surface area contributed by atoms with Crippen molar-refractivity contribution in [3.8, 4) is 17.2 Å². The van der Waals surface area contributed by atoms with Crippen LogP contribution < -0.4 is 9.47 Å². The van der Waals surface area contributed by atoms with Gasteiger partial charge in [-0.05, 0) is 30.3 Å². The van der Waals surface area contributed by atoms with Crippen molar-refractivity contribution < 1.29 is 18.3 Å². The fraction of sp³-hybridized carbons (Fsp3) is 0.0714. The van der Waals surface area contributed by atoms with Gasteiger partial charge in [0, 0.05) is 5.02 Å². The van der Waals surface area contributed by atoms with Crippen LogP contribution in [0.4, 0.5) is 14.5 Å². The molecule has 0 atom stereocenters. The van der Waals surface area contributed by atoms with Crippen molar-refractivity contribution >= 4 is 17.3 Å². The van der Waals surface area contributed by atoms with Crippen LogP contribution in [0.5, 0.6) is 17.2 Å². The predicted molar refractivity (Wildman–Crippen MR) is 70.7 cm³/mol. The third kappa shape index (κ3) is 2.81. The number of methoxy groups -OCH3 is 1. The Morgan fingerprint density at radius 1 is 1.20 bits per heavy atom. The van der Waals surface area contributed by atoms with E-state index in [4.69, 9.17) is 27.6 Å². The normalized spacial score (nSPS) is 9.95. The SMILES string of the molecule is [C-]#[N+]c1cc(Cl)cc(Oc2c(F)ccc(OC)c2F)c1. The molecule has 3 nitrogen and oxygen atoms in total. The van der Waals surface area contributed by atoms with Gasteiger partial charge in [-0.15, -0.1) is 0 Å². The van der Waals surface area contributed by atoms with E-state index in [2.05, 4.69) is 4.85 Å². The van der Waals surface area contributed by atoms with Crippen molar-refractivity contribution in [1.29, 1.82) is 0 Å². The average molecular weight is 296 g/mol. The molecule has 0 spiro atoms. The highest BCUT2D eigenvalue weighted by atomic mass is 35.5. The fourth-order valence-corrected chi connectivity index (χ4v) is 1.77. The molecule has 0 aliphatic heterocycles. The molecule has 0 heterocycles. The summed E-state index contributed by atoms with van der Waals surface area (Å²) in [5, 5.41) is 0.234. The van der Waals surface area contributed by atoms with Crippen molar-refractivity contribution in [2.45, 2.75) is 0 Å². The van der Waals surface area contributed by atoms with Crippen molar-refractivity contribution in [2.24, 2.45) is 0 Å². The lowest BCUT2D eigenvalue weighted by molar-refractivity contribution is 0.356. The van der Waals surface area contributed by atoms with Crippen molar-refractivity contribution in [3.05, 3.63) is 58.4 Å². The minimum atomic E-state index is -0.961. The van der Waals surface area contributed by atoms with E-state index in [1.165, 1.54) is 25.3 Å². The zero-order valence-electron chi connectivity index (χ0n) is 10.3. The molecule has 0 aliphatic carbocycles. The van der Waals surface area contributed by atoms with Gasteiger partial charge in [0.25, 0.3) is 0 Å². The maximum atomic E-state index is 13.9. The molecular weight excluding hydrogens is 288 g/mol. The molecule has 6 heteroatoms. The summed E-state index contributed by atoms with van der Waals surface area (Å²) in [6.45, 7) is 6.91. The fourth-order valence-electron chi connectivity index (χ4n) is 1.55. The van der Waals surface area contributed by atoms with E-state index in [0.29, 0.717) is 0 Å². The summed E-state index contributed by atoms with van der Waals surface area (Å²) < 4.78 is 37.4. The molecule has 0 fully saturated rings. The molecule has 2 aromatic rings. The van der Waals surface area contributed by atoms with E-state index in [0.717, 1.165) is 12.1 Å². The lowest BCUT2D eigenvalue weighted by Gasteiger charge is -2.11. The van der Waals surface area contributed by atoms with Gasteiger partial charge in [-0.3, -0.25) is 0 Å². The maximum absolute atomic E-state index is 13.9. The van der Waals surface area contributed by atoms with Gasteiger partial charge >= 0.3 is 0 Å². The standard InChI is InChI=1S/C14H8ClF2NO2/c1-18-9-5-8(15)6-10(7-9)20-14-11(16)3-4-12(19-2)13(14)17/h3-7H,2H3. The molecule has 2 aromatic carbocycles. The molecule has 0 bridgehead atoms. The van der Waals surface area contributed by atoms with E-state index < -0.39 is 17.4 Å².